The average Bonchev–Trinajstić information content (AvgIpc) is 2.58. The molecule has 0 bridgehead atoms. The number of hydrogen-bond donors (Lipinski definition) is 0. The smallest absolute Gasteiger partial charge is 0.236 e. The topological polar surface area (TPSA) is 73.8 Å². The predicted molar refractivity (Wildman–Crippen MR) is 88.1 cm³/mol. The highest BCUT2D eigenvalue weighted by Gasteiger charge is 2.26. The summed E-state index contributed by atoms with van der Waals surface area (Å²) in [5, 5.41) is 0. The second-order valence-electron chi connectivity index (χ2n) is 5.98. The number of carbonyl (C=O) groups is 1. The minimum atomic E-state index is -2.89. The van der Waals surface area contributed by atoms with Gasteiger partial charge < -0.3 is 9.80 Å². The van der Waals surface area contributed by atoms with Crippen LogP contribution in [0.2, 0.25) is 0 Å². The van der Waals surface area contributed by atoms with Crippen molar-refractivity contribution in [2.24, 2.45) is 0 Å². The number of piperazine rings is 1. The number of nitrogens with zero attached hydrogens (tertiary/aromatic N) is 4. The number of sulfone groups is 1. The third-order valence-corrected chi connectivity index (χ3v) is 6.01. The lowest BCUT2D eigenvalue weighted by molar-refractivity contribution is -0.132. The maximum Gasteiger partial charge on any atom is 0.236 e. The Bertz CT molecular complexity index is 628. The van der Waals surface area contributed by atoms with Crippen molar-refractivity contribution in [1.82, 2.24) is 14.8 Å². The van der Waals surface area contributed by atoms with Crippen LogP contribution < -0.4 is 4.90 Å². The summed E-state index contributed by atoms with van der Waals surface area (Å²) in [4.78, 5) is 22.7. The first kappa shape index (κ1) is 16.2. The van der Waals surface area contributed by atoms with E-state index in [9.17, 15) is 13.2 Å². The number of hydrogen-bond acceptors (Lipinski definition) is 6. The molecule has 1 aromatic heterocycles. The number of rotatable bonds is 3. The normalized spacial score (nSPS) is 22.1. The highest BCUT2D eigenvalue weighted by molar-refractivity contribution is 7.91. The molecule has 1 aromatic rings. The zero-order chi connectivity index (χ0) is 16.3. The average molecular weight is 338 g/mol. The molecular formula is C15H22N4O3S. The van der Waals surface area contributed by atoms with Gasteiger partial charge in [-0.1, -0.05) is 6.07 Å². The van der Waals surface area contributed by atoms with Crippen molar-refractivity contribution in [3.8, 4) is 0 Å². The van der Waals surface area contributed by atoms with Gasteiger partial charge in [-0.15, -0.1) is 0 Å². The number of amides is 1. The Morgan fingerprint density at radius 3 is 2.35 bits per heavy atom. The summed E-state index contributed by atoms with van der Waals surface area (Å²) in [6.07, 6.45) is 1.78. The van der Waals surface area contributed by atoms with Gasteiger partial charge in [-0.3, -0.25) is 9.69 Å². The Balaban J connectivity index is 1.47. The third kappa shape index (κ3) is 4.20. The molecule has 0 radical (unpaired) electrons. The molecule has 2 aliphatic rings. The predicted octanol–water partition coefficient (Wildman–Crippen LogP) is -0.539. The van der Waals surface area contributed by atoms with Crippen LogP contribution in [0, 0.1) is 0 Å². The summed E-state index contributed by atoms with van der Waals surface area (Å²) in [5.74, 6) is 1.35. The van der Waals surface area contributed by atoms with Gasteiger partial charge in [-0.05, 0) is 12.1 Å². The fourth-order valence-corrected chi connectivity index (χ4v) is 4.20. The number of anilines is 1. The third-order valence-electron chi connectivity index (χ3n) is 4.40. The largest absolute Gasteiger partial charge is 0.353 e. The lowest BCUT2D eigenvalue weighted by atomic mass is 10.3. The molecule has 2 aliphatic heterocycles. The van der Waals surface area contributed by atoms with Crippen molar-refractivity contribution < 1.29 is 13.2 Å². The van der Waals surface area contributed by atoms with Gasteiger partial charge in [0.2, 0.25) is 5.91 Å². The van der Waals surface area contributed by atoms with Crippen molar-refractivity contribution in [1.29, 1.82) is 0 Å². The highest BCUT2D eigenvalue weighted by atomic mass is 32.2. The molecule has 0 N–H and O–H groups in total. The van der Waals surface area contributed by atoms with E-state index in [1.54, 1.807) is 6.20 Å². The molecule has 2 fully saturated rings. The van der Waals surface area contributed by atoms with Gasteiger partial charge in [0, 0.05) is 45.5 Å². The first-order valence-electron chi connectivity index (χ1n) is 7.90. The summed E-state index contributed by atoms with van der Waals surface area (Å²) in [6, 6.07) is 5.83. The maximum atomic E-state index is 12.4. The van der Waals surface area contributed by atoms with Crippen molar-refractivity contribution in [3.05, 3.63) is 24.4 Å². The Hall–Kier alpha value is -1.67. The number of aromatic nitrogens is 1. The zero-order valence-corrected chi connectivity index (χ0v) is 13.9. The van der Waals surface area contributed by atoms with E-state index in [4.69, 9.17) is 0 Å². The Kier molecular flexibility index (Phi) is 4.82. The van der Waals surface area contributed by atoms with Crippen molar-refractivity contribution in [2.45, 2.75) is 0 Å². The molecule has 0 aliphatic carbocycles. The SMILES string of the molecule is O=C(CN1CCS(=O)(=O)CC1)N1CCN(c2ccccn2)CC1. The van der Waals surface area contributed by atoms with Gasteiger partial charge >= 0.3 is 0 Å². The quantitative estimate of drug-likeness (QED) is 0.737. The van der Waals surface area contributed by atoms with Crippen LogP contribution in [0.3, 0.4) is 0 Å². The van der Waals surface area contributed by atoms with Crippen LogP contribution in [0.4, 0.5) is 5.82 Å². The van der Waals surface area contributed by atoms with Gasteiger partial charge in [-0.25, -0.2) is 13.4 Å². The van der Waals surface area contributed by atoms with Gasteiger partial charge in [-0.2, -0.15) is 0 Å². The van der Waals surface area contributed by atoms with Crippen LogP contribution in [0.1, 0.15) is 0 Å². The molecule has 23 heavy (non-hydrogen) atoms. The van der Waals surface area contributed by atoms with Crippen LogP contribution in [0.15, 0.2) is 24.4 Å². The molecule has 3 rings (SSSR count). The lowest BCUT2D eigenvalue weighted by Crippen LogP contribution is -2.52. The van der Waals surface area contributed by atoms with E-state index in [1.165, 1.54) is 0 Å². The van der Waals surface area contributed by atoms with E-state index in [1.807, 2.05) is 28.0 Å². The van der Waals surface area contributed by atoms with E-state index in [2.05, 4.69) is 9.88 Å². The first-order valence-corrected chi connectivity index (χ1v) is 9.72. The van der Waals surface area contributed by atoms with Crippen LogP contribution in [-0.2, 0) is 14.6 Å². The Morgan fingerprint density at radius 2 is 1.74 bits per heavy atom. The molecule has 0 spiro atoms. The highest BCUT2D eigenvalue weighted by Crippen LogP contribution is 2.13. The second-order valence-corrected chi connectivity index (χ2v) is 8.29. The van der Waals surface area contributed by atoms with Gasteiger partial charge in [0.05, 0.1) is 18.1 Å². The number of carbonyl (C=O) groups excluding carboxylic acids is 1. The van der Waals surface area contributed by atoms with E-state index in [0.29, 0.717) is 32.7 Å². The summed E-state index contributed by atoms with van der Waals surface area (Å²) in [6.45, 7) is 4.15. The molecular weight excluding hydrogens is 316 g/mol. The summed E-state index contributed by atoms with van der Waals surface area (Å²) in [5.41, 5.74) is 0. The standard InChI is InChI=1S/C15H22N4O3S/c20-15(13-17-9-11-23(21,22)12-10-17)19-7-5-18(6-8-19)14-3-1-2-4-16-14/h1-4H,5-13H2. The fraction of sp³-hybridized carbons (Fsp3) is 0.600. The van der Waals surface area contributed by atoms with Crippen LogP contribution in [-0.4, -0.2) is 86.4 Å². The number of pyridine rings is 1. The van der Waals surface area contributed by atoms with Gasteiger partial charge in [0.1, 0.15) is 5.82 Å². The molecule has 1 amide bonds. The van der Waals surface area contributed by atoms with Crippen LogP contribution >= 0.6 is 0 Å². The van der Waals surface area contributed by atoms with Crippen molar-refractivity contribution >= 4 is 21.6 Å². The van der Waals surface area contributed by atoms with Crippen molar-refractivity contribution in [2.75, 3.05) is 62.2 Å². The zero-order valence-electron chi connectivity index (χ0n) is 13.1. The minimum absolute atomic E-state index is 0.0879. The monoisotopic (exact) mass is 338 g/mol. The fourth-order valence-electron chi connectivity index (χ4n) is 2.93. The molecule has 8 heteroatoms. The Labute approximate surface area is 136 Å². The maximum absolute atomic E-state index is 12.4. The van der Waals surface area contributed by atoms with E-state index in [0.717, 1.165) is 18.9 Å². The van der Waals surface area contributed by atoms with Gasteiger partial charge in [0.25, 0.3) is 0 Å². The molecule has 2 saturated heterocycles. The van der Waals surface area contributed by atoms with Crippen LogP contribution in [0.25, 0.3) is 0 Å². The summed E-state index contributed by atoms with van der Waals surface area (Å²) >= 11 is 0. The van der Waals surface area contributed by atoms with Crippen LogP contribution in [0.5, 0.6) is 0 Å². The van der Waals surface area contributed by atoms with E-state index < -0.39 is 9.84 Å². The molecule has 0 saturated carbocycles. The van der Waals surface area contributed by atoms with E-state index >= 15 is 0 Å². The second kappa shape index (κ2) is 6.84. The first-order chi connectivity index (χ1) is 11.0. The summed E-state index contributed by atoms with van der Waals surface area (Å²) in [7, 11) is -2.89. The minimum Gasteiger partial charge on any atom is -0.353 e. The Morgan fingerprint density at radius 1 is 1.04 bits per heavy atom. The molecule has 3 heterocycles. The molecule has 0 atom stereocenters. The molecule has 0 unspecified atom stereocenters. The van der Waals surface area contributed by atoms with E-state index in [-0.39, 0.29) is 17.4 Å². The van der Waals surface area contributed by atoms with Gasteiger partial charge in [0.15, 0.2) is 9.84 Å². The molecule has 126 valence electrons. The van der Waals surface area contributed by atoms with Crippen molar-refractivity contribution in [3.63, 3.8) is 0 Å². The molecule has 0 aromatic carbocycles. The molecule has 7 nitrogen and oxygen atoms in total. The lowest BCUT2D eigenvalue weighted by Gasteiger charge is -2.36. The summed E-state index contributed by atoms with van der Waals surface area (Å²) < 4.78 is 22.8.